The van der Waals surface area contributed by atoms with E-state index in [2.05, 4.69) is 37.4 Å². The number of nitrogens with two attached hydrogens (primary N) is 2. The van der Waals surface area contributed by atoms with Gasteiger partial charge in [0, 0.05) is 59.3 Å². The molecule has 0 spiro atoms. The van der Waals surface area contributed by atoms with Crippen LogP contribution in [-0.4, -0.2) is 270 Å². The van der Waals surface area contributed by atoms with Crippen molar-refractivity contribution in [1.29, 1.82) is 10.8 Å². The maximum absolute atomic E-state index is 12.8. The zero-order valence-corrected chi connectivity index (χ0v) is 43.8. The first-order valence-electron chi connectivity index (χ1n) is 25.1. The minimum absolute atomic E-state index is 0.00410. The van der Waals surface area contributed by atoms with Gasteiger partial charge in [0.05, 0.1) is 90.8 Å². The Morgan fingerprint density at radius 2 is 1.15 bits per heavy atom. The van der Waals surface area contributed by atoms with Gasteiger partial charge in [-0.05, 0) is 25.0 Å². The lowest BCUT2D eigenvalue weighted by molar-refractivity contribution is -0.159. The lowest BCUT2D eigenvalue weighted by Gasteiger charge is -2.41. The van der Waals surface area contributed by atoms with E-state index >= 15 is 0 Å². The van der Waals surface area contributed by atoms with Gasteiger partial charge in [-0.3, -0.25) is 30.1 Å². The topological polar surface area (TPSA) is 462 Å². The van der Waals surface area contributed by atoms with E-state index in [1.807, 2.05) is 0 Å². The fourth-order valence-electron chi connectivity index (χ4n) is 7.48. The van der Waals surface area contributed by atoms with Crippen LogP contribution in [0.25, 0.3) is 0 Å². The molecule has 0 radical (unpaired) electrons. The quantitative estimate of drug-likeness (QED) is 0.0117. The summed E-state index contributed by atoms with van der Waals surface area (Å²) in [6.07, 6.45) is -0.425. The van der Waals surface area contributed by atoms with Gasteiger partial charge in [0.25, 0.3) is 0 Å². The van der Waals surface area contributed by atoms with E-state index in [1.54, 1.807) is 0 Å². The number of carboxylic acid groups (broad SMARTS) is 2. The number of carboxylic acids is 2. The molecule has 2 aliphatic heterocycles. The number of carbonyl (C=O) groups is 5. The molecule has 0 aromatic heterocycles. The lowest BCUT2D eigenvalue weighted by Crippen LogP contribution is -2.64. The summed E-state index contributed by atoms with van der Waals surface area (Å²) < 4.78 is 55.8. The predicted octanol–water partition coefficient (Wildman–Crippen LogP) is -6.16. The minimum atomic E-state index is -1.70. The molecule has 0 saturated carbocycles. The van der Waals surface area contributed by atoms with Gasteiger partial charge in [-0.15, -0.1) is 6.42 Å². The fraction of sp³-hybridized carbons (Fsp3) is 0.723. The normalized spacial score (nSPS) is 19.5. The Hall–Kier alpha value is -5.99. The van der Waals surface area contributed by atoms with Crippen molar-refractivity contribution in [3.8, 4) is 12.3 Å². The number of hydrogen-bond acceptors (Lipinski definition) is 22. The van der Waals surface area contributed by atoms with E-state index < -0.39 is 134 Å². The highest BCUT2D eigenvalue weighted by atomic mass is 16.6. The highest BCUT2D eigenvalue weighted by Crippen LogP contribution is 2.26. The molecule has 17 N–H and O–H groups in total. The monoisotopic (exact) mass is 1120 g/mol. The van der Waals surface area contributed by atoms with Crippen molar-refractivity contribution in [2.24, 2.45) is 11.5 Å². The molecular formula is C47H80N10O21. The summed E-state index contributed by atoms with van der Waals surface area (Å²) in [4.78, 5) is 63.2. The van der Waals surface area contributed by atoms with Crippen molar-refractivity contribution in [3.05, 3.63) is 23.7 Å². The molecule has 31 nitrogen and oxygen atoms in total. The minimum Gasteiger partial charge on any atom is -0.480 e. The Kier molecular flexibility index (Phi) is 35.1. The van der Waals surface area contributed by atoms with Crippen LogP contribution in [-0.2, 0) is 71.3 Å². The predicted molar refractivity (Wildman–Crippen MR) is 272 cm³/mol. The van der Waals surface area contributed by atoms with Crippen molar-refractivity contribution < 1.29 is 102 Å². The second kappa shape index (κ2) is 40.2. The Morgan fingerprint density at radius 3 is 1.63 bits per heavy atom. The third-order valence-corrected chi connectivity index (χ3v) is 11.1. The van der Waals surface area contributed by atoms with Crippen LogP contribution in [0.5, 0.6) is 0 Å². The standard InChI is InChI=1S/C47H80N10O21/c1-3-11-69-17-19-73-21-22-74-20-18-72-16-10-57(8-14-70-12-4-6-52-38(63)28-75-41(33(61)26-58)35-23-31(55-46(48)49)24-36(77-35)44(65)66)9-15-71-13-5-7-53-39(64)29-76-42(34(62)27-59)43-40(54-30(2)60)32(56-47(50)51)25-37(78-43)45(67)68/h1,24-25,31-35,40-43,58-59,61-62H,4-23,26-29H2,2H3,(H,52,63)(H,53,64)(H,54,60)(H,65,66)(H,67,68)(H4,48,49,55)(H4,50,51,56)/t31-,32+,33-,34-,35-,40-,41-,42-,43-/m1/s1. The Morgan fingerprint density at radius 1 is 0.692 bits per heavy atom. The number of terminal acetylenes is 1. The summed E-state index contributed by atoms with van der Waals surface area (Å²) in [7, 11) is 0. The van der Waals surface area contributed by atoms with E-state index in [1.165, 1.54) is 13.0 Å². The van der Waals surface area contributed by atoms with Crippen LogP contribution >= 0.6 is 0 Å². The summed E-state index contributed by atoms with van der Waals surface area (Å²) >= 11 is 0. The van der Waals surface area contributed by atoms with Crippen molar-refractivity contribution in [3.63, 3.8) is 0 Å². The van der Waals surface area contributed by atoms with Crippen molar-refractivity contribution in [2.45, 2.75) is 80.9 Å². The maximum Gasteiger partial charge on any atom is 0.370 e. The SMILES string of the molecule is C#CCOCCOCCOCCOCCN(CCOCCCNC(=O)CO[C@H]([C@H](O)CO)[C@H]1C[C@@H](NC(=N)N)C=C(C(=O)O)O1)CCOCCCNC(=O)CO[C@@H]([C@@H]1OC(C(=O)O)=C[C@H](NC(=N)N)[C@H]1NC(C)=O)[C@H](O)CO. The van der Waals surface area contributed by atoms with E-state index in [9.17, 15) is 54.6 Å². The molecule has 444 valence electrons. The molecule has 0 aliphatic carbocycles. The molecule has 0 bridgehead atoms. The largest absolute Gasteiger partial charge is 0.480 e. The van der Waals surface area contributed by atoms with Gasteiger partial charge in [0.2, 0.25) is 29.2 Å². The van der Waals surface area contributed by atoms with E-state index in [4.69, 9.17) is 76.1 Å². The Balaban J connectivity index is 1.83. The molecule has 2 heterocycles. The van der Waals surface area contributed by atoms with Crippen LogP contribution < -0.4 is 38.1 Å². The molecule has 78 heavy (non-hydrogen) atoms. The molecule has 0 saturated heterocycles. The van der Waals surface area contributed by atoms with Crippen LogP contribution in [0.4, 0.5) is 0 Å². The summed E-state index contributed by atoms with van der Waals surface area (Å²) in [5.74, 6) is -4.40. The van der Waals surface area contributed by atoms with Gasteiger partial charge >= 0.3 is 11.9 Å². The molecule has 0 unspecified atom stereocenters. The average Bonchev–Trinajstić information content (AvgIpc) is 3.39. The zero-order chi connectivity index (χ0) is 57.7. The number of rotatable bonds is 44. The molecule has 3 amide bonds. The Labute approximate surface area is 451 Å². The summed E-state index contributed by atoms with van der Waals surface area (Å²) in [6, 6.07) is -3.04. The molecule has 31 heteroatoms. The van der Waals surface area contributed by atoms with Gasteiger partial charge in [0.1, 0.15) is 50.3 Å². The van der Waals surface area contributed by atoms with Crippen LogP contribution in [0.3, 0.4) is 0 Å². The molecule has 2 rings (SSSR count). The number of nitrogens with zero attached hydrogens (tertiary/aromatic N) is 1. The van der Waals surface area contributed by atoms with Crippen molar-refractivity contribution in [2.75, 3.05) is 138 Å². The molecule has 0 fully saturated rings. The van der Waals surface area contributed by atoms with Gasteiger partial charge in [-0.25, -0.2) is 9.59 Å². The Bertz CT molecular complexity index is 1930. The average molecular weight is 1120 g/mol. The summed E-state index contributed by atoms with van der Waals surface area (Å²) in [5.41, 5.74) is 10.9. The first-order chi connectivity index (χ1) is 37.4. The molecule has 0 aromatic rings. The van der Waals surface area contributed by atoms with Gasteiger partial charge in [0.15, 0.2) is 18.0 Å². The highest BCUT2D eigenvalue weighted by molar-refractivity contribution is 5.86. The number of nitrogens with one attached hydrogen (secondary N) is 7. The third kappa shape index (κ3) is 29.1. The maximum atomic E-state index is 12.8. The fourth-order valence-corrected chi connectivity index (χ4v) is 7.48. The van der Waals surface area contributed by atoms with Crippen LogP contribution in [0.2, 0.25) is 0 Å². The number of amides is 3. The van der Waals surface area contributed by atoms with Gasteiger partial charge in [-0.2, -0.15) is 0 Å². The summed E-state index contributed by atoms with van der Waals surface area (Å²) in [6.45, 7) is 4.18. The number of aliphatic carboxylic acids is 2. The first kappa shape index (κ1) is 68.1. The second-order valence-electron chi connectivity index (χ2n) is 17.2. The van der Waals surface area contributed by atoms with Crippen LogP contribution in [0.15, 0.2) is 23.7 Å². The number of guanidine groups is 2. The first-order valence-corrected chi connectivity index (χ1v) is 25.1. The van der Waals surface area contributed by atoms with Crippen molar-refractivity contribution >= 4 is 41.6 Å². The number of carbonyl (C=O) groups excluding carboxylic acids is 3. The number of aliphatic hydroxyl groups is 4. The van der Waals surface area contributed by atoms with E-state index in [-0.39, 0.29) is 39.3 Å². The molecular weight excluding hydrogens is 1040 g/mol. The highest BCUT2D eigenvalue weighted by Gasteiger charge is 2.45. The number of aliphatic hydroxyl groups excluding tert-OH is 4. The van der Waals surface area contributed by atoms with Gasteiger partial charge < -0.3 is 116 Å². The summed E-state index contributed by atoms with van der Waals surface area (Å²) in [5, 5.41) is 87.8. The molecule has 9 atom stereocenters. The number of hydrogen-bond donors (Lipinski definition) is 15. The van der Waals surface area contributed by atoms with Crippen LogP contribution in [0.1, 0.15) is 26.2 Å². The third-order valence-electron chi connectivity index (χ3n) is 11.1. The van der Waals surface area contributed by atoms with Crippen LogP contribution in [0, 0.1) is 23.2 Å². The number of ether oxygens (including phenoxy) is 10. The second-order valence-corrected chi connectivity index (χ2v) is 17.2. The van der Waals surface area contributed by atoms with Gasteiger partial charge in [-0.1, -0.05) is 5.92 Å². The zero-order valence-electron chi connectivity index (χ0n) is 43.8. The molecule has 2 aliphatic rings. The van der Waals surface area contributed by atoms with E-state index in [0.717, 1.165) is 6.08 Å². The van der Waals surface area contributed by atoms with Crippen molar-refractivity contribution in [1.82, 2.24) is 31.5 Å². The molecule has 0 aromatic carbocycles. The van der Waals surface area contributed by atoms with E-state index in [0.29, 0.717) is 91.9 Å². The lowest BCUT2D eigenvalue weighted by atomic mass is 9.91. The smallest absolute Gasteiger partial charge is 0.370 e.